The van der Waals surface area contributed by atoms with Crippen molar-refractivity contribution in [2.24, 2.45) is 0 Å². The first-order valence-electron chi connectivity index (χ1n) is 12.5. The van der Waals surface area contributed by atoms with Crippen molar-refractivity contribution in [3.63, 3.8) is 0 Å². The monoisotopic (exact) mass is 517 g/mol. The van der Waals surface area contributed by atoms with Crippen LogP contribution in [0.5, 0.6) is 17.2 Å². The Morgan fingerprint density at radius 2 is 1.74 bits per heavy atom. The highest BCUT2D eigenvalue weighted by molar-refractivity contribution is 5.99. The molecule has 0 saturated heterocycles. The molecule has 4 aromatic rings. The number of hydrogen-bond acceptors (Lipinski definition) is 6. The van der Waals surface area contributed by atoms with Gasteiger partial charge in [-0.3, -0.25) is 9.59 Å². The Hall–Kier alpha value is -4.33. The van der Waals surface area contributed by atoms with Crippen molar-refractivity contribution in [3.8, 4) is 17.2 Å². The summed E-state index contributed by atoms with van der Waals surface area (Å²) < 4.78 is 37.0. The van der Waals surface area contributed by atoms with Crippen molar-refractivity contribution >= 4 is 16.9 Å². The first-order valence-corrected chi connectivity index (χ1v) is 12.5. The third-order valence-corrected chi connectivity index (χ3v) is 6.48. The lowest BCUT2D eigenvalue weighted by Crippen LogP contribution is -2.29. The minimum Gasteiger partial charge on any atom is -0.497 e. The number of nitrogens with zero attached hydrogens (tertiary/aromatic N) is 1. The number of amides is 1. The molecule has 1 aromatic heterocycles. The summed E-state index contributed by atoms with van der Waals surface area (Å²) >= 11 is 0. The van der Waals surface area contributed by atoms with E-state index < -0.39 is 23.2 Å². The molecule has 0 fully saturated rings. The highest BCUT2D eigenvalue weighted by atomic mass is 19.1. The molecule has 3 aromatic carbocycles. The Morgan fingerprint density at radius 1 is 0.947 bits per heavy atom. The highest BCUT2D eigenvalue weighted by Gasteiger charge is 2.43. The van der Waals surface area contributed by atoms with Crippen LogP contribution in [0, 0.1) is 5.82 Å². The first kappa shape index (κ1) is 25.3. The van der Waals surface area contributed by atoms with Gasteiger partial charge in [0.05, 0.1) is 37.3 Å². The number of rotatable bonds is 9. The van der Waals surface area contributed by atoms with Gasteiger partial charge in [-0.05, 0) is 66.9 Å². The molecule has 7 nitrogen and oxygen atoms in total. The van der Waals surface area contributed by atoms with Crippen LogP contribution in [0.2, 0.25) is 0 Å². The number of halogens is 1. The largest absolute Gasteiger partial charge is 0.497 e. The normalized spacial score (nSPS) is 14.6. The van der Waals surface area contributed by atoms with Crippen molar-refractivity contribution in [2.45, 2.75) is 32.9 Å². The smallest absolute Gasteiger partial charge is 0.291 e. The maximum Gasteiger partial charge on any atom is 0.291 e. The second kappa shape index (κ2) is 10.6. The molecule has 0 spiro atoms. The zero-order chi connectivity index (χ0) is 26.8. The van der Waals surface area contributed by atoms with Gasteiger partial charge < -0.3 is 23.5 Å². The van der Waals surface area contributed by atoms with E-state index in [-0.39, 0.29) is 28.8 Å². The van der Waals surface area contributed by atoms with Crippen molar-refractivity contribution in [1.29, 1.82) is 0 Å². The maximum atomic E-state index is 14.1. The molecule has 0 saturated carbocycles. The van der Waals surface area contributed by atoms with Gasteiger partial charge >= 0.3 is 0 Å². The van der Waals surface area contributed by atoms with E-state index in [0.717, 1.165) is 18.1 Å². The fourth-order valence-corrected chi connectivity index (χ4v) is 4.72. The zero-order valence-electron chi connectivity index (χ0n) is 21.5. The summed E-state index contributed by atoms with van der Waals surface area (Å²) in [5, 5.41) is 0.0841. The predicted octanol–water partition coefficient (Wildman–Crippen LogP) is 5.87. The summed E-state index contributed by atoms with van der Waals surface area (Å²) in [4.78, 5) is 29.0. The van der Waals surface area contributed by atoms with Gasteiger partial charge in [0.2, 0.25) is 5.76 Å². The van der Waals surface area contributed by atoms with Gasteiger partial charge in [-0.1, -0.05) is 25.1 Å². The van der Waals surface area contributed by atoms with Crippen LogP contribution >= 0.6 is 0 Å². The van der Waals surface area contributed by atoms with Gasteiger partial charge in [0.1, 0.15) is 17.1 Å². The molecule has 1 amide bonds. The van der Waals surface area contributed by atoms with E-state index >= 15 is 0 Å². The van der Waals surface area contributed by atoms with Crippen molar-refractivity contribution in [1.82, 2.24) is 4.90 Å². The fraction of sp³-hybridized carbons (Fsp3) is 0.267. The van der Waals surface area contributed by atoms with Crippen molar-refractivity contribution in [3.05, 3.63) is 99.2 Å². The van der Waals surface area contributed by atoms with Crippen molar-refractivity contribution in [2.75, 3.05) is 20.3 Å². The molecule has 38 heavy (non-hydrogen) atoms. The summed E-state index contributed by atoms with van der Waals surface area (Å²) in [5.41, 5.74) is 1.38. The molecule has 0 aliphatic carbocycles. The number of methoxy groups -OCH3 is 1. The molecule has 8 heteroatoms. The van der Waals surface area contributed by atoms with Crippen LogP contribution in [-0.4, -0.2) is 31.1 Å². The predicted molar refractivity (Wildman–Crippen MR) is 141 cm³/mol. The minimum absolute atomic E-state index is 0.0445. The van der Waals surface area contributed by atoms with Crippen LogP contribution in [0.4, 0.5) is 4.39 Å². The van der Waals surface area contributed by atoms with Gasteiger partial charge in [-0.25, -0.2) is 4.39 Å². The van der Waals surface area contributed by atoms with E-state index in [9.17, 15) is 14.0 Å². The lowest BCUT2D eigenvalue weighted by molar-refractivity contribution is 0.0714. The molecular formula is C30H28FNO6. The summed E-state index contributed by atoms with van der Waals surface area (Å²) in [6.07, 6.45) is 0.831. The number of carbonyl (C=O) groups is 1. The second-order valence-electron chi connectivity index (χ2n) is 8.99. The van der Waals surface area contributed by atoms with Crippen LogP contribution in [0.25, 0.3) is 11.0 Å². The minimum atomic E-state index is -0.775. The summed E-state index contributed by atoms with van der Waals surface area (Å²) in [5.74, 6) is 0.758. The average Bonchev–Trinajstić information content (AvgIpc) is 3.20. The Labute approximate surface area is 219 Å². The van der Waals surface area contributed by atoms with Crippen LogP contribution in [0.3, 0.4) is 0 Å². The van der Waals surface area contributed by atoms with Crippen molar-refractivity contribution < 1.29 is 27.8 Å². The number of benzene rings is 3. The lowest BCUT2D eigenvalue weighted by atomic mass is 9.97. The average molecular weight is 518 g/mol. The number of carbonyl (C=O) groups excluding carboxylic acids is 1. The molecule has 5 rings (SSSR count). The molecule has 0 N–H and O–H groups in total. The maximum absolute atomic E-state index is 14.1. The zero-order valence-corrected chi connectivity index (χ0v) is 21.5. The molecule has 1 aliphatic rings. The summed E-state index contributed by atoms with van der Waals surface area (Å²) in [6, 6.07) is 15.7. The Morgan fingerprint density at radius 3 is 2.45 bits per heavy atom. The Bertz CT molecular complexity index is 1550. The molecular weight excluding hydrogens is 489 g/mol. The second-order valence-corrected chi connectivity index (χ2v) is 8.99. The summed E-state index contributed by atoms with van der Waals surface area (Å²) in [7, 11) is 1.58. The number of ether oxygens (including phenoxy) is 3. The fourth-order valence-electron chi connectivity index (χ4n) is 4.72. The van der Waals surface area contributed by atoms with E-state index in [0.29, 0.717) is 36.0 Å². The quantitative estimate of drug-likeness (QED) is 0.276. The van der Waals surface area contributed by atoms with Crippen LogP contribution in [0.15, 0.2) is 69.9 Å². The Kier molecular flexibility index (Phi) is 7.05. The lowest BCUT2D eigenvalue weighted by Gasteiger charge is -2.26. The topological polar surface area (TPSA) is 78.2 Å². The first-order chi connectivity index (χ1) is 18.4. The SMILES string of the molecule is CCCOc1ccc(C2c3c(oc4ccc(F)cc4c3=O)C(=O)N2Cc2ccc(OC)cc2)cc1OCC. The number of hydrogen-bond donors (Lipinski definition) is 0. The number of fused-ring (bicyclic) bond motifs is 2. The third-order valence-electron chi connectivity index (χ3n) is 6.48. The van der Waals surface area contributed by atoms with Gasteiger partial charge in [0, 0.05) is 6.54 Å². The van der Waals surface area contributed by atoms with E-state index in [1.165, 1.54) is 12.1 Å². The summed E-state index contributed by atoms with van der Waals surface area (Å²) in [6.45, 7) is 5.03. The molecule has 2 heterocycles. The molecule has 1 aliphatic heterocycles. The van der Waals surface area contributed by atoms with Crippen LogP contribution < -0.4 is 19.6 Å². The molecule has 1 unspecified atom stereocenters. The van der Waals surface area contributed by atoms with E-state index in [2.05, 4.69) is 0 Å². The Balaban J connectivity index is 1.67. The van der Waals surface area contributed by atoms with E-state index in [1.807, 2.05) is 44.2 Å². The molecule has 196 valence electrons. The van der Waals surface area contributed by atoms with E-state index in [4.69, 9.17) is 18.6 Å². The molecule has 0 radical (unpaired) electrons. The molecule has 1 atom stereocenters. The third kappa shape index (κ3) is 4.58. The standard InChI is InChI=1S/C30H28FNO6/c1-4-14-37-24-12-8-19(15-25(24)36-5-2)27-26-28(33)22-16-20(31)9-13-23(22)38-29(26)30(34)32(27)17-18-6-10-21(35-3)11-7-18/h6-13,15-16,27H,4-5,14,17H2,1-3H3. The molecule has 0 bridgehead atoms. The van der Waals surface area contributed by atoms with Crippen LogP contribution in [0.1, 0.15) is 53.6 Å². The van der Waals surface area contributed by atoms with Gasteiger partial charge in [-0.15, -0.1) is 0 Å². The van der Waals surface area contributed by atoms with Gasteiger partial charge in [-0.2, -0.15) is 0 Å². The van der Waals surface area contributed by atoms with E-state index in [1.54, 1.807) is 24.1 Å². The van der Waals surface area contributed by atoms with Crippen LogP contribution in [-0.2, 0) is 6.54 Å². The highest BCUT2D eigenvalue weighted by Crippen LogP contribution is 2.42. The van der Waals surface area contributed by atoms with Gasteiger partial charge in [0.25, 0.3) is 5.91 Å². The van der Waals surface area contributed by atoms with Gasteiger partial charge in [0.15, 0.2) is 16.9 Å².